The third kappa shape index (κ3) is 2.53. The average molecular weight is 231 g/mol. The summed E-state index contributed by atoms with van der Waals surface area (Å²) in [6.07, 6.45) is 3.11. The van der Waals surface area contributed by atoms with Crippen molar-refractivity contribution in [3.05, 3.63) is 42.0 Å². The number of nitrogens with zero attached hydrogens (tertiary/aromatic N) is 3. The first kappa shape index (κ1) is 11.8. The Morgan fingerprint density at radius 1 is 1.12 bits per heavy atom. The summed E-state index contributed by atoms with van der Waals surface area (Å²) in [4.78, 5) is 4.20. The zero-order chi connectivity index (χ0) is 12.4. The molecule has 17 heavy (non-hydrogen) atoms. The van der Waals surface area contributed by atoms with E-state index in [0.717, 1.165) is 11.4 Å². The van der Waals surface area contributed by atoms with Crippen LogP contribution in [0.2, 0.25) is 0 Å². The largest absolute Gasteiger partial charge is 0.387 e. The first-order valence-electron chi connectivity index (χ1n) is 5.78. The molecule has 2 heterocycles. The van der Waals surface area contributed by atoms with Crippen LogP contribution in [0.4, 0.5) is 0 Å². The third-order valence-corrected chi connectivity index (χ3v) is 2.66. The van der Waals surface area contributed by atoms with E-state index in [9.17, 15) is 5.11 Å². The van der Waals surface area contributed by atoms with E-state index in [-0.39, 0.29) is 0 Å². The Kier molecular flexibility index (Phi) is 3.24. The quantitative estimate of drug-likeness (QED) is 0.882. The SMILES string of the molecule is CC(C)c1ccn(-c2ccc([C@@H](C)O)nc2)n1. The second-order valence-corrected chi connectivity index (χ2v) is 4.46. The van der Waals surface area contributed by atoms with Gasteiger partial charge in [-0.2, -0.15) is 5.10 Å². The molecule has 0 aromatic carbocycles. The van der Waals surface area contributed by atoms with Gasteiger partial charge in [-0.25, -0.2) is 4.68 Å². The second kappa shape index (κ2) is 4.67. The molecule has 0 bridgehead atoms. The van der Waals surface area contributed by atoms with Gasteiger partial charge in [0.25, 0.3) is 0 Å². The fourth-order valence-electron chi connectivity index (χ4n) is 1.57. The molecule has 2 aromatic rings. The summed E-state index contributed by atoms with van der Waals surface area (Å²) in [6, 6.07) is 5.73. The van der Waals surface area contributed by atoms with Gasteiger partial charge in [-0.15, -0.1) is 0 Å². The maximum absolute atomic E-state index is 9.38. The Morgan fingerprint density at radius 3 is 2.35 bits per heavy atom. The number of aromatic nitrogens is 3. The van der Waals surface area contributed by atoms with Crippen molar-refractivity contribution < 1.29 is 5.11 Å². The molecule has 0 aliphatic carbocycles. The van der Waals surface area contributed by atoms with E-state index in [1.54, 1.807) is 17.8 Å². The molecule has 90 valence electrons. The Balaban J connectivity index is 2.27. The minimum Gasteiger partial charge on any atom is -0.387 e. The van der Waals surface area contributed by atoms with E-state index in [1.165, 1.54) is 0 Å². The van der Waals surface area contributed by atoms with Gasteiger partial charge in [-0.05, 0) is 31.0 Å². The number of hydrogen-bond donors (Lipinski definition) is 1. The van der Waals surface area contributed by atoms with Gasteiger partial charge in [-0.3, -0.25) is 4.98 Å². The Hall–Kier alpha value is -1.68. The van der Waals surface area contributed by atoms with Crippen LogP contribution in [0.25, 0.3) is 5.69 Å². The highest BCUT2D eigenvalue weighted by Gasteiger charge is 2.06. The highest BCUT2D eigenvalue weighted by atomic mass is 16.3. The molecule has 0 unspecified atom stereocenters. The average Bonchev–Trinajstić information content (AvgIpc) is 2.78. The maximum Gasteiger partial charge on any atom is 0.0931 e. The first-order valence-corrected chi connectivity index (χ1v) is 5.78. The molecule has 0 amide bonds. The lowest BCUT2D eigenvalue weighted by molar-refractivity contribution is 0.194. The zero-order valence-electron chi connectivity index (χ0n) is 10.3. The van der Waals surface area contributed by atoms with Crippen LogP contribution in [-0.2, 0) is 0 Å². The molecule has 0 saturated heterocycles. The van der Waals surface area contributed by atoms with Gasteiger partial charge in [0.15, 0.2) is 0 Å². The van der Waals surface area contributed by atoms with Crippen molar-refractivity contribution in [3.8, 4) is 5.69 Å². The van der Waals surface area contributed by atoms with E-state index in [2.05, 4.69) is 23.9 Å². The third-order valence-electron chi connectivity index (χ3n) is 2.66. The number of aliphatic hydroxyl groups excluding tert-OH is 1. The Morgan fingerprint density at radius 2 is 1.88 bits per heavy atom. The fraction of sp³-hybridized carbons (Fsp3) is 0.385. The summed E-state index contributed by atoms with van der Waals surface area (Å²) in [5.41, 5.74) is 2.64. The van der Waals surface area contributed by atoms with Gasteiger partial charge in [0.1, 0.15) is 0 Å². The molecule has 0 saturated carbocycles. The molecule has 2 rings (SSSR count). The lowest BCUT2D eigenvalue weighted by Crippen LogP contribution is -2.00. The van der Waals surface area contributed by atoms with Gasteiger partial charge in [0.05, 0.1) is 29.4 Å². The number of hydrogen-bond acceptors (Lipinski definition) is 3. The van der Waals surface area contributed by atoms with E-state index in [0.29, 0.717) is 11.6 Å². The molecule has 0 radical (unpaired) electrons. The molecule has 1 atom stereocenters. The van der Waals surface area contributed by atoms with Gasteiger partial charge >= 0.3 is 0 Å². The summed E-state index contributed by atoms with van der Waals surface area (Å²) in [5, 5.41) is 13.8. The fourth-order valence-corrected chi connectivity index (χ4v) is 1.57. The Bertz CT molecular complexity index is 486. The van der Waals surface area contributed by atoms with Crippen LogP contribution in [0.15, 0.2) is 30.6 Å². The minimum absolute atomic E-state index is 0.418. The van der Waals surface area contributed by atoms with Crippen molar-refractivity contribution in [2.75, 3.05) is 0 Å². The highest BCUT2D eigenvalue weighted by molar-refractivity contribution is 5.29. The molecule has 4 heteroatoms. The van der Waals surface area contributed by atoms with Crippen LogP contribution in [-0.4, -0.2) is 19.9 Å². The summed E-state index contributed by atoms with van der Waals surface area (Å²) >= 11 is 0. The monoisotopic (exact) mass is 231 g/mol. The summed E-state index contributed by atoms with van der Waals surface area (Å²) in [5.74, 6) is 0.418. The lowest BCUT2D eigenvalue weighted by atomic mass is 10.1. The first-order chi connectivity index (χ1) is 8.08. The predicted molar refractivity (Wildman–Crippen MR) is 66.1 cm³/mol. The van der Waals surface area contributed by atoms with E-state index >= 15 is 0 Å². The molecule has 0 spiro atoms. The second-order valence-electron chi connectivity index (χ2n) is 4.46. The molecular formula is C13H17N3O. The zero-order valence-corrected chi connectivity index (χ0v) is 10.3. The van der Waals surface area contributed by atoms with Crippen LogP contribution in [0.5, 0.6) is 0 Å². The van der Waals surface area contributed by atoms with Gasteiger partial charge < -0.3 is 5.11 Å². The van der Waals surface area contributed by atoms with Crippen molar-refractivity contribution in [1.29, 1.82) is 0 Å². The van der Waals surface area contributed by atoms with Crippen molar-refractivity contribution in [2.45, 2.75) is 32.8 Å². The summed E-state index contributed by atoms with van der Waals surface area (Å²) in [6.45, 7) is 5.93. The highest BCUT2D eigenvalue weighted by Crippen LogP contribution is 2.15. The molecule has 1 N–H and O–H groups in total. The predicted octanol–water partition coefficient (Wildman–Crippen LogP) is 2.44. The standard InChI is InChI=1S/C13H17N3O/c1-9(2)12-6-7-16(15-12)11-4-5-13(10(3)17)14-8-11/h4-10,17H,1-3H3/t10-/m1/s1. The van der Waals surface area contributed by atoms with Crippen LogP contribution in [0, 0.1) is 0 Å². The normalized spacial score (nSPS) is 13.0. The molecule has 0 aliphatic heterocycles. The molecular weight excluding hydrogens is 214 g/mol. The van der Waals surface area contributed by atoms with Crippen molar-refractivity contribution >= 4 is 0 Å². The smallest absolute Gasteiger partial charge is 0.0931 e. The van der Waals surface area contributed by atoms with E-state index in [4.69, 9.17) is 0 Å². The minimum atomic E-state index is -0.534. The van der Waals surface area contributed by atoms with Crippen LogP contribution in [0.3, 0.4) is 0 Å². The topological polar surface area (TPSA) is 50.9 Å². The molecule has 2 aromatic heterocycles. The number of pyridine rings is 1. The molecule has 4 nitrogen and oxygen atoms in total. The molecule has 0 fully saturated rings. The Labute approximate surface area is 101 Å². The lowest BCUT2D eigenvalue weighted by Gasteiger charge is -2.05. The van der Waals surface area contributed by atoms with Crippen LogP contribution < -0.4 is 0 Å². The van der Waals surface area contributed by atoms with Crippen LogP contribution >= 0.6 is 0 Å². The maximum atomic E-state index is 9.38. The molecule has 0 aliphatic rings. The van der Waals surface area contributed by atoms with Crippen molar-refractivity contribution in [2.24, 2.45) is 0 Å². The number of rotatable bonds is 3. The number of aliphatic hydroxyl groups is 1. The van der Waals surface area contributed by atoms with Crippen molar-refractivity contribution in [1.82, 2.24) is 14.8 Å². The van der Waals surface area contributed by atoms with Crippen molar-refractivity contribution in [3.63, 3.8) is 0 Å². The van der Waals surface area contributed by atoms with Gasteiger partial charge in [0.2, 0.25) is 0 Å². The van der Waals surface area contributed by atoms with Gasteiger partial charge in [0, 0.05) is 6.20 Å². The summed E-state index contributed by atoms with van der Waals surface area (Å²) in [7, 11) is 0. The van der Waals surface area contributed by atoms with E-state index < -0.39 is 6.10 Å². The van der Waals surface area contributed by atoms with Crippen LogP contribution in [0.1, 0.15) is 44.2 Å². The van der Waals surface area contributed by atoms with E-state index in [1.807, 2.05) is 24.4 Å². The summed E-state index contributed by atoms with van der Waals surface area (Å²) < 4.78 is 1.80. The van der Waals surface area contributed by atoms with Gasteiger partial charge in [-0.1, -0.05) is 13.8 Å².